The summed E-state index contributed by atoms with van der Waals surface area (Å²) in [6, 6.07) is 0.599. The molecule has 0 bridgehead atoms. The normalized spacial score (nSPS) is 36.7. The lowest BCUT2D eigenvalue weighted by molar-refractivity contribution is -0.145. The van der Waals surface area contributed by atoms with Gasteiger partial charge < -0.3 is 14.4 Å². The molecule has 0 aromatic rings. The summed E-state index contributed by atoms with van der Waals surface area (Å²) in [5.41, 5.74) is 0. The van der Waals surface area contributed by atoms with E-state index >= 15 is 0 Å². The summed E-state index contributed by atoms with van der Waals surface area (Å²) in [5, 5.41) is 0. The van der Waals surface area contributed by atoms with Crippen molar-refractivity contribution in [2.45, 2.75) is 37.9 Å². The van der Waals surface area contributed by atoms with E-state index < -0.39 is 6.17 Å². The van der Waals surface area contributed by atoms with Crippen LogP contribution in [0, 0.1) is 17.8 Å². The first-order valence-corrected chi connectivity index (χ1v) is 9.55. The Labute approximate surface area is 143 Å². The van der Waals surface area contributed by atoms with Crippen LogP contribution < -0.4 is 0 Å². The third-order valence-electron chi connectivity index (χ3n) is 6.43. The summed E-state index contributed by atoms with van der Waals surface area (Å²) >= 11 is 0. The van der Waals surface area contributed by atoms with Crippen molar-refractivity contribution in [3.63, 3.8) is 0 Å². The number of likely N-dealkylation sites (tertiary alicyclic amines) is 2. The third kappa shape index (κ3) is 3.33. The molecule has 4 rings (SSSR count). The number of amides is 1. The van der Waals surface area contributed by atoms with Crippen molar-refractivity contribution >= 4 is 5.91 Å². The molecule has 3 atom stereocenters. The highest BCUT2D eigenvalue weighted by atomic mass is 19.1. The highest BCUT2D eigenvalue weighted by Crippen LogP contribution is 2.37. The largest absolute Gasteiger partial charge is 0.381 e. The molecule has 1 amide bonds. The predicted octanol–water partition coefficient (Wildman–Crippen LogP) is 1.32. The van der Waals surface area contributed by atoms with Crippen LogP contribution >= 0.6 is 0 Å². The van der Waals surface area contributed by atoms with E-state index in [1.807, 2.05) is 4.90 Å². The van der Waals surface area contributed by atoms with Crippen LogP contribution in [-0.2, 0) is 14.3 Å². The van der Waals surface area contributed by atoms with Crippen molar-refractivity contribution in [1.29, 1.82) is 0 Å². The molecule has 0 radical (unpaired) electrons. The van der Waals surface area contributed by atoms with Crippen LogP contribution in [0.2, 0.25) is 0 Å². The van der Waals surface area contributed by atoms with E-state index in [4.69, 9.17) is 9.47 Å². The average Bonchev–Trinajstić information content (AvgIpc) is 3.07. The summed E-state index contributed by atoms with van der Waals surface area (Å²) in [6.07, 6.45) is 2.44. The highest BCUT2D eigenvalue weighted by Gasteiger charge is 2.46. The number of carbonyl (C=O) groups excluding carboxylic acids is 1. The number of hydrogen-bond acceptors (Lipinski definition) is 4. The van der Waals surface area contributed by atoms with Crippen molar-refractivity contribution in [2.75, 3.05) is 52.6 Å². The van der Waals surface area contributed by atoms with Gasteiger partial charge in [-0.05, 0) is 37.5 Å². The number of halogens is 1. The van der Waals surface area contributed by atoms with Gasteiger partial charge in [0.25, 0.3) is 0 Å². The van der Waals surface area contributed by atoms with Crippen molar-refractivity contribution in [3.05, 3.63) is 0 Å². The molecule has 0 aromatic carbocycles. The van der Waals surface area contributed by atoms with Gasteiger partial charge >= 0.3 is 0 Å². The fraction of sp³-hybridized carbons (Fsp3) is 0.944. The Kier molecular flexibility index (Phi) is 5.06. The SMILES string of the molecule is O=C([C@@H]1COC[C@@H]2CN(C3CCOCC3)C[C@@H]21)N1CCC(F)CC1. The van der Waals surface area contributed by atoms with Gasteiger partial charge in [-0.3, -0.25) is 9.69 Å². The maximum absolute atomic E-state index is 13.4. The second-order valence-electron chi connectivity index (χ2n) is 7.87. The summed E-state index contributed by atoms with van der Waals surface area (Å²) in [4.78, 5) is 17.4. The van der Waals surface area contributed by atoms with Crippen LogP contribution in [0.25, 0.3) is 0 Å². The molecule has 136 valence electrons. The summed E-state index contributed by atoms with van der Waals surface area (Å²) in [6.45, 7) is 6.22. The number of rotatable bonds is 2. The molecule has 0 N–H and O–H groups in total. The molecule has 24 heavy (non-hydrogen) atoms. The van der Waals surface area contributed by atoms with Gasteiger partial charge in [-0.25, -0.2) is 4.39 Å². The first kappa shape index (κ1) is 16.7. The smallest absolute Gasteiger partial charge is 0.228 e. The number of ether oxygens (including phenoxy) is 2. The minimum Gasteiger partial charge on any atom is -0.381 e. The molecule has 4 aliphatic rings. The van der Waals surface area contributed by atoms with Gasteiger partial charge in [-0.2, -0.15) is 0 Å². The Morgan fingerprint density at radius 2 is 1.71 bits per heavy atom. The van der Waals surface area contributed by atoms with Crippen LogP contribution in [-0.4, -0.2) is 80.5 Å². The molecule has 0 aromatic heterocycles. The Morgan fingerprint density at radius 3 is 2.46 bits per heavy atom. The maximum Gasteiger partial charge on any atom is 0.228 e. The lowest BCUT2D eigenvalue weighted by Gasteiger charge is -2.37. The van der Waals surface area contributed by atoms with E-state index in [0.717, 1.165) is 45.8 Å². The van der Waals surface area contributed by atoms with Crippen molar-refractivity contribution in [3.8, 4) is 0 Å². The average molecular weight is 340 g/mol. The zero-order chi connectivity index (χ0) is 16.5. The Hall–Kier alpha value is -0.720. The van der Waals surface area contributed by atoms with Gasteiger partial charge in [-0.1, -0.05) is 0 Å². The molecule has 5 nitrogen and oxygen atoms in total. The van der Waals surface area contributed by atoms with Gasteiger partial charge in [0, 0.05) is 45.4 Å². The fourth-order valence-corrected chi connectivity index (χ4v) is 4.94. The van der Waals surface area contributed by atoms with Crippen LogP contribution in [0.5, 0.6) is 0 Å². The molecule has 6 heteroatoms. The first-order chi connectivity index (χ1) is 11.7. The molecule has 0 unspecified atom stereocenters. The van der Waals surface area contributed by atoms with Crippen LogP contribution in [0.1, 0.15) is 25.7 Å². The summed E-state index contributed by atoms with van der Waals surface area (Å²) < 4.78 is 24.6. The van der Waals surface area contributed by atoms with Crippen molar-refractivity contribution in [1.82, 2.24) is 9.80 Å². The van der Waals surface area contributed by atoms with E-state index in [0.29, 0.717) is 50.4 Å². The Morgan fingerprint density at radius 1 is 0.958 bits per heavy atom. The Bertz CT molecular complexity index is 450. The molecule has 4 aliphatic heterocycles. The lowest BCUT2D eigenvalue weighted by atomic mass is 9.81. The Balaban J connectivity index is 1.40. The van der Waals surface area contributed by atoms with Gasteiger partial charge in [-0.15, -0.1) is 0 Å². The summed E-state index contributed by atoms with van der Waals surface area (Å²) in [5.74, 6) is 1.03. The predicted molar refractivity (Wildman–Crippen MR) is 87.4 cm³/mol. The van der Waals surface area contributed by atoms with Crippen LogP contribution in [0.3, 0.4) is 0 Å². The van der Waals surface area contributed by atoms with Gasteiger partial charge in [0.1, 0.15) is 6.17 Å². The number of alkyl halides is 1. The molecule has 0 aliphatic carbocycles. The number of fused-ring (bicyclic) bond motifs is 1. The molecule has 4 fully saturated rings. The number of carbonyl (C=O) groups is 1. The van der Waals surface area contributed by atoms with Crippen molar-refractivity contribution < 1.29 is 18.7 Å². The molecule has 0 saturated carbocycles. The van der Waals surface area contributed by atoms with E-state index in [1.165, 1.54) is 0 Å². The quantitative estimate of drug-likeness (QED) is 0.760. The molecular formula is C18H29FN2O3. The van der Waals surface area contributed by atoms with E-state index in [-0.39, 0.29) is 11.8 Å². The molecular weight excluding hydrogens is 311 g/mol. The van der Waals surface area contributed by atoms with E-state index in [9.17, 15) is 9.18 Å². The van der Waals surface area contributed by atoms with Gasteiger partial charge in [0.05, 0.1) is 19.1 Å². The van der Waals surface area contributed by atoms with Crippen LogP contribution in [0.4, 0.5) is 4.39 Å². The van der Waals surface area contributed by atoms with Crippen LogP contribution in [0.15, 0.2) is 0 Å². The zero-order valence-electron chi connectivity index (χ0n) is 14.4. The van der Waals surface area contributed by atoms with E-state index in [2.05, 4.69) is 4.90 Å². The minimum atomic E-state index is -0.736. The topological polar surface area (TPSA) is 42.0 Å². The standard InChI is InChI=1S/C18H29FN2O3/c19-14-1-5-20(6-2-14)18(22)17-12-24-11-13-9-21(10-16(13)17)15-3-7-23-8-4-15/h13-17H,1-12H2/t13-,16-,17+/m0/s1. The highest BCUT2D eigenvalue weighted by molar-refractivity contribution is 5.79. The third-order valence-corrected chi connectivity index (χ3v) is 6.43. The monoisotopic (exact) mass is 340 g/mol. The van der Waals surface area contributed by atoms with Gasteiger partial charge in [0.15, 0.2) is 0 Å². The molecule has 4 heterocycles. The first-order valence-electron chi connectivity index (χ1n) is 9.55. The summed E-state index contributed by atoms with van der Waals surface area (Å²) in [7, 11) is 0. The van der Waals surface area contributed by atoms with E-state index in [1.54, 1.807) is 0 Å². The zero-order valence-corrected chi connectivity index (χ0v) is 14.4. The fourth-order valence-electron chi connectivity index (χ4n) is 4.94. The van der Waals surface area contributed by atoms with Crippen molar-refractivity contribution in [2.24, 2.45) is 17.8 Å². The second-order valence-corrected chi connectivity index (χ2v) is 7.87. The number of nitrogens with zero attached hydrogens (tertiary/aromatic N) is 2. The van der Waals surface area contributed by atoms with Gasteiger partial charge in [0.2, 0.25) is 5.91 Å². The lowest BCUT2D eigenvalue weighted by Crippen LogP contribution is -2.49. The minimum absolute atomic E-state index is 0.0373. The number of piperidine rings is 1. The maximum atomic E-state index is 13.4. The molecule has 0 spiro atoms. The number of hydrogen-bond donors (Lipinski definition) is 0. The molecule has 4 saturated heterocycles. The second kappa shape index (κ2) is 7.26.